The average Bonchev–Trinajstić information content (AvgIpc) is 1.41. The summed E-state index contributed by atoms with van der Waals surface area (Å²) in [5.41, 5.74) is 3.09. The number of aliphatic hydroxyl groups is 3. The second kappa shape index (κ2) is 27.9. The molecule has 24 atom stereocenters. The molecule has 0 amide bonds. The standard InChI is InChI=1S/2C27H36ClN3O2.C21H33BrO2.C7H5ClN2/c1-26(33)9-7-18-16(12-26)3-4-20-19(18)8-10-27(2)21(20)5-6-22(27)24(32)15-31-14-17-11-25(28)29-13-23(17)30-31;1-26(33)9-7-18-16(12-26)3-4-20-19(18)8-10-27(2)21(20)5-6-22(27)24(32)15-31-23-14-29-25(28)11-17(23)13-30-31;1-20(24)9-7-14-13(11-20)3-4-16-15(14)8-10-21(2)17(16)5-6-18(21)19(23)12-22;8-7-1-5-2-9-3-6(5)4-10-7/h2*11,13-14,16,18-22,33H,3-10,12,15H2,1-2H3;13-18,24H,3-12H2,1-2H3;1-2,4H,3H2/t2*16-,18+,19-,20-,21+,22-,26-,27+;13-,14+,15-,16-,17+,18-,20-,21+;/m111./s1. The van der Waals surface area contributed by atoms with Crippen molar-refractivity contribution in [3.8, 4) is 0 Å². The number of aliphatic imine (C=N–C) groups is 1. The first kappa shape index (κ1) is 71.9. The highest BCUT2D eigenvalue weighted by Crippen LogP contribution is 2.68. The molecule has 14 nitrogen and oxygen atoms in total. The summed E-state index contributed by atoms with van der Waals surface area (Å²) in [7, 11) is 0. The Labute approximate surface area is 616 Å². The lowest BCUT2D eigenvalue weighted by atomic mass is 9.49. The van der Waals surface area contributed by atoms with Crippen LogP contribution in [0.5, 0.6) is 0 Å². The van der Waals surface area contributed by atoms with Crippen LogP contribution in [0.4, 0.5) is 0 Å². The van der Waals surface area contributed by atoms with Crippen molar-refractivity contribution in [2.45, 2.75) is 251 Å². The van der Waals surface area contributed by atoms with E-state index in [1.165, 1.54) is 116 Å². The van der Waals surface area contributed by atoms with E-state index in [0.717, 1.165) is 162 Å². The van der Waals surface area contributed by atoms with Crippen molar-refractivity contribution in [2.75, 3.05) is 5.33 Å². The van der Waals surface area contributed by atoms with Gasteiger partial charge in [-0.05, 0) is 317 Å². The van der Waals surface area contributed by atoms with Gasteiger partial charge >= 0.3 is 0 Å². The molecule has 1 aliphatic heterocycles. The van der Waals surface area contributed by atoms with E-state index in [0.29, 0.717) is 80.8 Å². The van der Waals surface area contributed by atoms with Crippen LogP contribution in [0, 0.1) is 123 Å². The van der Waals surface area contributed by atoms with Crippen molar-refractivity contribution in [1.29, 1.82) is 0 Å². The molecular weight excluding hydrogens is 1380 g/mol. The molecule has 13 aliphatic rings. The number of aromatic nitrogens is 7. The lowest BCUT2D eigenvalue weighted by Crippen LogP contribution is -2.51. The molecule has 12 aliphatic carbocycles. The fraction of sp³-hybridized carbons (Fsp3) is 0.744. The number of halogens is 4. The van der Waals surface area contributed by atoms with Gasteiger partial charge in [-0.1, -0.05) is 71.5 Å². The summed E-state index contributed by atoms with van der Waals surface area (Å²) in [6, 6.07) is 5.44. The van der Waals surface area contributed by atoms with E-state index in [1.54, 1.807) is 41.6 Å². The highest BCUT2D eigenvalue weighted by Gasteiger charge is 2.62. The van der Waals surface area contributed by atoms with Crippen LogP contribution in [0.15, 0.2) is 54.2 Å². The maximum atomic E-state index is 13.6. The van der Waals surface area contributed by atoms with E-state index in [-0.39, 0.29) is 28.1 Å². The normalized spacial score (nSPS) is 42.4. The summed E-state index contributed by atoms with van der Waals surface area (Å²) >= 11 is 21.1. The molecule has 0 saturated heterocycles. The third-order valence-electron chi connectivity index (χ3n) is 31.0. The van der Waals surface area contributed by atoms with Gasteiger partial charge in [0.05, 0.1) is 59.3 Å². The van der Waals surface area contributed by atoms with Gasteiger partial charge in [-0.2, -0.15) is 10.2 Å². The van der Waals surface area contributed by atoms with E-state index in [4.69, 9.17) is 34.8 Å². The zero-order valence-corrected chi connectivity index (χ0v) is 64.0. The quantitative estimate of drug-likeness (QED) is 0.0987. The molecule has 6 heterocycles. The molecular formula is C82H110BrCl3N8O6. The van der Waals surface area contributed by atoms with Crippen LogP contribution in [0.1, 0.15) is 226 Å². The average molecular weight is 1490 g/mol. The molecule has 0 bridgehead atoms. The molecule has 12 saturated carbocycles. The van der Waals surface area contributed by atoms with Gasteiger partial charge in [-0.25, -0.2) is 15.0 Å². The molecule has 12 fully saturated rings. The Kier molecular flexibility index (Phi) is 20.1. The summed E-state index contributed by atoms with van der Waals surface area (Å²) < 4.78 is 3.59. The number of rotatable bonds is 8. The van der Waals surface area contributed by atoms with Crippen molar-refractivity contribution in [3.63, 3.8) is 0 Å². The summed E-state index contributed by atoms with van der Waals surface area (Å²) in [5.74, 6) is 13.3. The molecule has 18 rings (SSSR count). The van der Waals surface area contributed by atoms with Crippen molar-refractivity contribution < 1.29 is 29.7 Å². The predicted molar refractivity (Wildman–Crippen MR) is 398 cm³/mol. The van der Waals surface area contributed by atoms with Crippen molar-refractivity contribution in [1.82, 2.24) is 34.5 Å². The summed E-state index contributed by atoms with van der Waals surface area (Å²) in [6.07, 6.45) is 42.3. The van der Waals surface area contributed by atoms with Gasteiger partial charge in [0, 0.05) is 58.3 Å². The molecule has 542 valence electrons. The van der Waals surface area contributed by atoms with Crippen LogP contribution in [0.25, 0.3) is 21.8 Å². The van der Waals surface area contributed by atoms with Gasteiger partial charge in [0.25, 0.3) is 0 Å². The molecule has 0 radical (unpaired) electrons. The molecule has 18 heteroatoms. The first-order valence-electron chi connectivity index (χ1n) is 39.1. The Morgan fingerprint density at radius 2 is 0.910 bits per heavy atom. The molecule has 0 unspecified atom stereocenters. The first-order chi connectivity index (χ1) is 47.7. The first-order valence-corrected chi connectivity index (χ1v) is 41.4. The maximum absolute atomic E-state index is 13.6. The van der Waals surface area contributed by atoms with E-state index < -0.39 is 16.8 Å². The Bertz CT molecular complexity index is 3900. The number of carbonyl (C=O) groups is 3. The Hall–Kier alpha value is -3.70. The molecule has 5 aromatic rings. The van der Waals surface area contributed by atoms with Gasteiger partial charge in [0.15, 0.2) is 11.6 Å². The zero-order valence-electron chi connectivity index (χ0n) is 60.2. The van der Waals surface area contributed by atoms with Crippen LogP contribution in [-0.2, 0) is 34.0 Å². The number of fused-ring (bicyclic) bond motifs is 18. The smallest absolute Gasteiger partial charge is 0.157 e. The lowest BCUT2D eigenvalue weighted by molar-refractivity contribution is -0.133. The molecule has 100 heavy (non-hydrogen) atoms. The number of ketones is 3. The second-order valence-electron chi connectivity index (χ2n) is 36.5. The highest BCUT2D eigenvalue weighted by molar-refractivity contribution is 9.09. The number of hydrogen-bond donors (Lipinski definition) is 3. The number of hydrogen-bond acceptors (Lipinski definition) is 12. The lowest BCUT2D eigenvalue weighted by Gasteiger charge is -2.56. The van der Waals surface area contributed by atoms with Crippen molar-refractivity contribution >= 4 is 96.1 Å². The maximum Gasteiger partial charge on any atom is 0.157 e. The van der Waals surface area contributed by atoms with Gasteiger partial charge in [-0.3, -0.25) is 28.7 Å². The third-order valence-corrected chi connectivity index (χ3v) is 32.2. The minimum atomic E-state index is -0.459. The summed E-state index contributed by atoms with van der Waals surface area (Å²) in [4.78, 5) is 55.9. The summed E-state index contributed by atoms with van der Waals surface area (Å²) in [5, 5.41) is 44.6. The van der Waals surface area contributed by atoms with E-state index in [9.17, 15) is 29.7 Å². The molecule has 3 N–H and O–H groups in total. The second-order valence-corrected chi connectivity index (χ2v) is 38.2. The van der Waals surface area contributed by atoms with Crippen LogP contribution < -0.4 is 0 Å². The van der Waals surface area contributed by atoms with Gasteiger partial charge in [0.1, 0.15) is 33.3 Å². The third kappa shape index (κ3) is 13.6. The number of Topliss-reactive ketones (excluding diaryl/α,β-unsaturated/α-hetero) is 3. The topological polar surface area (TPSA) is 199 Å². The van der Waals surface area contributed by atoms with Crippen LogP contribution >= 0.6 is 50.7 Å². The minimum absolute atomic E-state index is 0.121. The van der Waals surface area contributed by atoms with Crippen molar-refractivity contribution in [2.24, 2.45) is 128 Å². The Morgan fingerprint density at radius 1 is 0.480 bits per heavy atom. The highest BCUT2D eigenvalue weighted by atomic mass is 79.9. The fourth-order valence-electron chi connectivity index (χ4n) is 26.5. The molecule has 0 aromatic carbocycles. The number of carbonyl (C=O) groups excluding carboxylic acids is 3. The molecule has 5 aromatic heterocycles. The Morgan fingerprint density at radius 3 is 1.40 bits per heavy atom. The van der Waals surface area contributed by atoms with Crippen LogP contribution in [0.2, 0.25) is 15.5 Å². The van der Waals surface area contributed by atoms with Gasteiger partial charge in [0.2, 0.25) is 0 Å². The van der Waals surface area contributed by atoms with Gasteiger partial charge < -0.3 is 15.3 Å². The largest absolute Gasteiger partial charge is 0.390 e. The number of pyridine rings is 3. The SMILES string of the molecule is C[C@@]1(O)CC[C@H]2[C@H](CC[C@@H]3[C@@H]2CC[C@]2(C)[C@@H](C(=O)CBr)CC[C@@H]32)C1.C[C@@]1(O)CC[C@H]2[C@H](CC[C@@H]3[C@@H]2CC[C@]2(C)[C@@H](C(=O)Cn4cc5cc(Cl)ncc5n4)CC[C@@H]32)C1.C[C@@]1(O)CC[C@H]2[C@H](CC[C@@H]3[C@@H]2CC[C@]2(C)[C@@H](C(=O)Cn4ncc5cc(Cl)ncc54)CC[C@@H]32)C1.Clc1cc2c(cn1)CN=C2. The van der Waals surface area contributed by atoms with Crippen molar-refractivity contribution in [3.05, 3.63) is 75.8 Å². The number of nitrogens with zero attached hydrogens (tertiary/aromatic N) is 8. The van der Waals surface area contributed by atoms with Crippen LogP contribution in [-0.4, -0.2) is 95.5 Å². The summed E-state index contributed by atoms with van der Waals surface area (Å²) in [6.45, 7) is 14.8. The minimum Gasteiger partial charge on any atom is -0.390 e. The van der Waals surface area contributed by atoms with Crippen LogP contribution in [0.3, 0.4) is 0 Å². The predicted octanol–water partition coefficient (Wildman–Crippen LogP) is 18.0. The van der Waals surface area contributed by atoms with E-state index >= 15 is 0 Å². The molecule has 0 spiro atoms. The fourth-order valence-corrected chi connectivity index (χ4v) is 27.4. The van der Waals surface area contributed by atoms with E-state index in [1.807, 2.05) is 43.9 Å². The monoisotopic (exact) mass is 1490 g/mol. The number of alkyl halides is 1. The van der Waals surface area contributed by atoms with Gasteiger partial charge in [-0.15, -0.1) is 0 Å². The van der Waals surface area contributed by atoms with E-state index in [2.05, 4.69) is 66.8 Å². The zero-order chi connectivity index (χ0) is 70.0. The Balaban J connectivity index is 0.000000115.